The van der Waals surface area contributed by atoms with Crippen molar-refractivity contribution in [3.63, 3.8) is 0 Å². The first-order chi connectivity index (χ1) is 9.16. The first-order valence-corrected chi connectivity index (χ1v) is 6.99. The summed E-state index contributed by atoms with van der Waals surface area (Å²) in [5, 5.41) is 3.51. The van der Waals surface area contributed by atoms with Gasteiger partial charge < -0.3 is 10.2 Å². The van der Waals surface area contributed by atoms with Gasteiger partial charge in [-0.05, 0) is 31.0 Å². The van der Waals surface area contributed by atoms with E-state index < -0.39 is 5.82 Å². The Labute approximate surface area is 116 Å². The molecule has 19 heavy (non-hydrogen) atoms. The van der Waals surface area contributed by atoms with Gasteiger partial charge in [-0.1, -0.05) is 23.7 Å². The standard InChI is InChI=1S/C14H16ClFN2O/c15-13-9(3-1-5-11(13)16)7-18-8-12-10(14(18)19)4-2-6-17-12/h1,3,5,10,12,17H,2,4,6-8H2. The molecule has 1 aromatic carbocycles. The molecule has 1 amide bonds. The van der Waals surface area contributed by atoms with Crippen LogP contribution in [0.5, 0.6) is 0 Å². The maximum Gasteiger partial charge on any atom is 0.227 e. The van der Waals surface area contributed by atoms with Gasteiger partial charge in [0.15, 0.2) is 0 Å². The van der Waals surface area contributed by atoms with Crippen molar-refractivity contribution in [2.24, 2.45) is 5.92 Å². The number of rotatable bonds is 2. The molecule has 2 aliphatic heterocycles. The molecule has 2 unspecified atom stereocenters. The molecular weight excluding hydrogens is 267 g/mol. The van der Waals surface area contributed by atoms with Crippen LogP contribution in [-0.2, 0) is 11.3 Å². The van der Waals surface area contributed by atoms with Crippen LogP contribution in [-0.4, -0.2) is 29.9 Å². The number of benzene rings is 1. The summed E-state index contributed by atoms with van der Waals surface area (Å²) in [6, 6.07) is 4.98. The number of carbonyl (C=O) groups is 1. The molecule has 2 fully saturated rings. The van der Waals surface area contributed by atoms with Crippen molar-refractivity contribution in [1.82, 2.24) is 10.2 Å². The highest BCUT2D eigenvalue weighted by Gasteiger charge is 2.41. The van der Waals surface area contributed by atoms with E-state index in [1.807, 2.05) is 0 Å². The predicted molar refractivity (Wildman–Crippen MR) is 71.3 cm³/mol. The summed E-state index contributed by atoms with van der Waals surface area (Å²) in [5.74, 6) is -0.181. The summed E-state index contributed by atoms with van der Waals surface area (Å²) in [5.41, 5.74) is 0.675. The lowest BCUT2D eigenvalue weighted by molar-refractivity contribution is -0.131. The minimum atomic E-state index is -0.429. The number of hydrogen-bond donors (Lipinski definition) is 1. The molecule has 2 aliphatic rings. The van der Waals surface area contributed by atoms with Gasteiger partial charge in [0.25, 0.3) is 0 Å². The summed E-state index contributed by atoms with van der Waals surface area (Å²) >= 11 is 5.94. The third-order valence-corrected chi connectivity index (χ3v) is 4.45. The molecule has 2 heterocycles. The maximum absolute atomic E-state index is 13.4. The molecule has 0 aliphatic carbocycles. The number of fused-ring (bicyclic) bond motifs is 1. The number of carbonyl (C=O) groups excluding carboxylic acids is 1. The van der Waals surface area contributed by atoms with Crippen molar-refractivity contribution in [1.29, 1.82) is 0 Å². The van der Waals surface area contributed by atoms with Gasteiger partial charge in [-0.15, -0.1) is 0 Å². The quantitative estimate of drug-likeness (QED) is 0.902. The van der Waals surface area contributed by atoms with Crippen LogP contribution in [0.1, 0.15) is 18.4 Å². The van der Waals surface area contributed by atoms with Crippen molar-refractivity contribution < 1.29 is 9.18 Å². The number of amides is 1. The zero-order valence-corrected chi connectivity index (χ0v) is 11.3. The lowest BCUT2D eigenvalue weighted by Crippen LogP contribution is -2.41. The predicted octanol–water partition coefficient (Wildman–Crippen LogP) is 2.19. The smallest absolute Gasteiger partial charge is 0.227 e. The van der Waals surface area contributed by atoms with E-state index in [9.17, 15) is 9.18 Å². The Hall–Kier alpha value is -1.13. The minimum Gasteiger partial charge on any atom is -0.336 e. The maximum atomic E-state index is 13.4. The molecule has 0 saturated carbocycles. The van der Waals surface area contributed by atoms with Crippen molar-refractivity contribution in [3.05, 3.63) is 34.6 Å². The Morgan fingerprint density at radius 2 is 2.32 bits per heavy atom. The largest absolute Gasteiger partial charge is 0.336 e. The molecular formula is C14H16ClFN2O. The number of halogens is 2. The van der Waals surface area contributed by atoms with Gasteiger partial charge in [0.1, 0.15) is 5.82 Å². The SMILES string of the molecule is O=C1C2CCCNC2CN1Cc1cccc(F)c1Cl. The fourth-order valence-corrected chi connectivity index (χ4v) is 3.21. The molecule has 3 nitrogen and oxygen atoms in total. The van der Waals surface area contributed by atoms with Gasteiger partial charge in [-0.2, -0.15) is 0 Å². The average molecular weight is 283 g/mol. The van der Waals surface area contributed by atoms with Crippen LogP contribution < -0.4 is 5.32 Å². The third-order valence-electron chi connectivity index (χ3n) is 4.02. The Morgan fingerprint density at radius 3 is 3.11 bits per heavy atom. The van der Waals surface area contributed by atoms with Crippen LogP contribution in [0.15, 0.2) is 18.2 Å². The van der Waals surface area contributed by atoms with Crippen molar-refractivity contribution in [3.8, 4) is 0 Å². The van der Waals surface area contributed by atoms with E-state index >= 15 is 0 Å². The van der Waals surface area contributed by atoms with E-state index in [4.69, 9.17) is 11.6 Å². The summed E-state index contributed by atoms with van der Waals surface area (Å²) < 4.78 is 13.4. The zero-order chi connectivity index (χ0) is 13.4. The van der Waals surface area contributed by atoms with E-state index in [1.54, 1.807) is 17.0 Å². The number of nitrogens with one attached hydrogen (secondary N) is 1. The summed E-state index contributed by atoms with van der Waals surface area (Å²) in [6.07, 6.45) is 1.99. The van der Waals surface area contributed by atoms with Crippen LogP contribution in [0, 0.1) is 11.7 Å². The van der Waals surface area contributed by atoms with Crippen molar-refractivity contribution in [2.75, 3.05) is 13.1 Å². The van der Waals surface area contributed by atoms with E-state index in [0.29, 0.717) is 18.7 Å². The lowest BCUT2D eigenvalue weighted by Gasteiger charge is -2.23. The molecule has 102 valence electrons. The zero-order valence-electron chi connectivity index (χ0n) is 10.5. The lowest BCUT2D eigenvalue weighted by atomic mass is 9.94. The van der Waals surface area contributed by atoms with E-state index in [1.165, 1.54) is 6.07 Å². The Kier molecular flexibility index (Phi) is 3.46. The topological polar surface area (TPSA) is 32.3 Å². The molecule has 0 spiro atoms. The van der Waals surface area contributed by atoms with Crippen LogP contribution >= 0.6 is 11.6 Å². The Morgan fingerprint density at radius 1 is 1.47 bits per heavy atom. The van der Waals surface area contributed by atoms with Crippen molar-refractivity contribution >= 4 is 17.5 Å². The number of piperidine rings is 1. The Balaban J connectivity index is 1.77. The molecule has 0 radical (unpaired) electrons. The average Bonchev–Trinajstić information content (AvgIpc) is 2.73. The van der Waals surface area contributed by atoms with Gasteiger partial charge in [0.2, 0.25) is 5.91 Å². The normalized spacial score (nSPS) is 26.6. The summed E-state index contributed by atoms with van der Waals surface area (Å²) in [7, 11) is 0. The molecule has 0 aromatic heterocycles. The molecule has 3 rings (SSSR count). The molecule has 1 aromatic rings. The van der Waals surface area contributed by atoms with Crippen LogP contribution in [0.25, 0.3) is 0 Å². The van der Waals surface area contributed by atoms with Gasteiger partial charge >= 0.3 is 0 Å². The minimum absolute atomic E-state index is 0.0843. The molecule has 1 N–H and O–H groups in total. The Bertz CT molecular complexity index is 508. The second-order valence-corrected chi connectivity index (χ2v) is 5.62. The van der Waals surface area contributed by atoms with Crippen LogP contribution in [0.2, 0.25) is 5.02 Å². The highest BCUT2D eigenvalue weighted by molar-refractivity contribution is 6.31. The third kappa shape index (κ3) is 2.35. The fraction of sp³-hybridized carbons (Fsp3) is 0.500. The van der Waals surface area contributed by atoms with Crippen LogP contribution in [0.4, 0.5) is 4.39 Å². The van der Waals surface area contributed by atoms with E-state index in [0.717, 1.165) is 19.4 Å². The molecule has 0 bridgehead atoms. The first-order valence-electron chi connectivity index (χ1n) is 6.62. The summed E-state index contributed by atoms with van der Waals surface area (Å²) in [6.45, 7) is 2.06. The highest BCUT2D eigenvalue weighted by Crippen LogP contribution is 2.29. The van der Waals surface area contributed by atoms with Crippen LogP contribution in [0.3, 0.4) is 0 Å². The van der Waals surface area contributed by atoms with Gasteiger partial charge in [0, 0.05) is 19.1 Å². The molecule has 5 heteroatoms. The molecule has 2 saturated heterocycles. The van der Waals surface area contributed by atoms with E-state index in [2.05, 4.69) is 5.32 Å². The van der Waals surface area contributed by atoms with Gasteiger partial charge in [-0.25, -0.2) is 4.39 Å². The number of nitrogens with zero attached hydrogens (tertiary/aromatic N) is 1. The van der Waals surface area contributed by atoms with E-state index in [-0.39, 0.29) is 22.9 Å². The number of likely N-dealkylation sites (tertiary alicyclic amines) is 1. The highest BCUT2D eigenvalue weighted by atomic mass is 35.5. The molecule has 2 atom stereocenters. The monoisotopic (exact) mass is 282 g/mol. The second kappa shape index (κ2) is 5.10. The fourth-order valence-electron chi connectivity index (χ4n) is 3.02. The summed E-state index contributed by atoms with van der Waals surface area (Å²) in [4.78, 5) is 14.1. The van der Waals surface area contributed by atoms with Gasteiger partial charge in [0.05, 0.1) is 10.9 Å². The second-order valence-electron chi connectivity index (χ2n) is 5.24. The van der Waals surface area contributed by atoms with Crippen molar-refractivity contribution in [2.45, 2.75) is 25.4 Å². The first kappa shape index (κ1) is 12.9. The number of hydrogen-bond acceptors (Lipinski definition) is 2. The van der Waals surface area contributed by atoms with Gasteiger partial charge in [-0.3, -0.25) is 4.79 Å².